The molecule has 1 aliphatic heterocycles. The molecule has 21 heavy (non-hydrogen) atoms. The second kappa shape index (κ2) is 9.22. The van der Waals surface area contributed by atoms with E-state index in [2.05, 4.69) is 21.1 Å². The van der Waals surface area contributed by atoms with Crippen molar-refractivity contribution in [2.75, 3.05) is 60.5 Å². The number of carbonyl (C=O) groups excluding carboxylic acids is 1. The molecule has 0 saturated carbocycles. The minimum atomic E-state index is -0.384. The first-order valence-electron chi connectivity index (χ1n) is 7.37. The number of ether oxygens (including phenoxy) is 1. The van der Waals surface area contributed by atoms with Gasteiger partial charge >= 0.3 is 5.97 Å². The zero-order chi connectivity index (χ0) is 14.7. The molecule has 128 valence electrons. The number of hydrogen-bond acceptors (Lipinski definition) is 2. The summed E-state index contributed by atoms with van der Waals surface area (Å²) in [5.74, 6) is -0.0911. The molecule has 1 fully saturated rings. The van der Waals surface area contributed by atoms with Gasteiger partial charge in [-0.1, -0.05) is 0 Å². The number of rotatable bonds is 4. The van der Waals surface area contributed by atoms with E-state index in [1.165, 1.54) is 26.2 Å². The Morgan fingerprint density at radius 2 is 1.48 bits per heavy atom. The predicted octanol–water partition coefficient (Wildman–Crippen LogP) is -4.49. The topological polar surface area (TPSA) is 26.3 Å². The van der Waals surface area contributed by atoms with E-state index in [4.69, 9.17) is 4.74 Å². The van der Waals surface area contributed by atoms with E-state index >= 15 is 0 Å². The van der Waals surface area contributed by atoms with Crippen molar-refractivity contribution in [1.29, 1.82) is 0 Å². The lowest BCUT2D eigenvalue weighted by Gasteiger charge is -2.44. The number of quaternary nitrogens is 2. The molecule has 0 aliphatic carbocycles. The standard InChI is InChI=1S/C15H32N2O2.2HI/c1-15(2,3)14(18)19-13-7-8-17(6)11-9-16(4,5)10-12-17;;/h7-13H2,1-6H3;2*1H/q+2;;/p-2. The Balaban J connectivity index is 0. The van der Waals surface area contributed by atoms with Gasteiger partial charge < -0.3 is 61.7 Å². The molecule has 0 N–H and O–H groups in total. The van der Waals surface area contributed by atoms with Crippen molar-refractivity contribution in [3.8, 4) is 0 Å². The first-order valence-corrected chi connectivity index (χ1v) is 7.37. The van der Waals surface area contributed by atoms with E-state index in [9.17, 15) is 4.79 Å². The van der Waals surface area contributed by atoms with Gasteiger partial charge in [0.2, 0.25) is 0 Å². The first-order chi connectivity index (χ1) is 8.54. The number of nitrogens with zero attached hydrogens (tertiary/aromatic N) is 2. The van der Waals surface area contributed by atoms with Crippen LogP contribution < -0.4 is 48.0 Å². The summed E-state index contributed by atoms with van der Waals surface area (Å²) in [4.78, 5) is 11.7. The highest BCUT2D eigenvalue weighted by atomic mass is 127. The van der Waals surface area contributed by atoms with Crippen molar-refractivity contribution in [3.63, 3.8) is 0 Å². The maximum absolute atomic E-state index is 11.7. The third kappa shape index (κ3) is 8.90. The van der Waals surface area contributed by atoms with Crippen molar-refractivity contribution in [2.24, 2.45) is 5.41 Å². The summed E-state index contributed by atoms with van der Waals surface area (Å²) in [6, 6.07) is 0. The van der Waals surface area contributed by atoms with E-state index in [0.29, 0.717) is 6.61 Å². The Kier molecular flexibility index (Phi) is 10.6. The monoisotopic (exact) mass is 526 g/mol. The van der Waals surface area contributed by atoms with Gasteiger partial charge in [0.05, 0.1) is 39.7 Å². The van der Waals surface area contributed by atoms with Gasteiger partial charge in [0.15, 0.2) is 0 Å². The summed E-state index contributed by atoms with van der Waals surface area (Å²) in [7, 11) is 6.92. The van der Waals surface area contributed by atoms with E-state index in [0.717, 1.165) is 21.9 Å². The Morgan fingerprint density at radius 1 is 1.00 bits per heavy atom. The van der Waals surface area contributed by atoms with Crippen molar-refractivity contribution in [1.82, 2.24) is 0 Å². The highest BCUT2D eigenvalue weighted by molar-refractivity contribution is 5.75. The van der Waals surface area contributed by atoms with Crippen LogP contribution in [-0.4, -0.2) is 75.4 Å². The molecule has 0 spiro atoms. The second-order valence-corrected chi connectivity index (χ2v) is 7.91. The van der Waals surface area contributed by atoms with Crippen LogP contribution in [0.3, 0.4) is 0 Å². The lowest BCUT2D eigenvalue weighted by molar-refractivity contribution is -1.01. The molecular formula is C15H32I2N2O2. The molecule has 0 aromatic heterocycles. The minimum absolute atomic E-state index is 0. The van der Waals surface area contributed by atoms with Gasteiger partial charge in [-0.3, -0.25) is 4.79 Å². The molecule has 1 heterocycles. The number of hydrogen-bond donors (Lipinski definition) is 0. The zero-order valence-electron chi connectivity index (χ0n) is 14.4. The lowest BCUT2D eigenvalue weighted by atomic mass is 9.97. The zero-order valence-corrected chi connectivity index (χ0v) is 18.7. The van der Waals surface area contributed by atoms with E-state index < -0.39 is 0 Å². The average Bonchev–Trinajstić information content (AvgIpc) is 2.28. The molecule has 0 aromatic carbocycles. The predicted molar refractivity (Wildman–Crippen MR) is 77.7 cm³/mol. The summed E-state index contributed by atoms with van der Waals surface area (Å²) in [6.45, 7) is 12.3. The normalized spacial score (nSPS) is 19.9. The highest BCUT2D eigenvalue weighted by Crippen LogP contribution is 2.16. The fourth-order valence-electron chi connectivity index (χ4n) is 2.30. The van der Waals surface area contributed by atoms with Crippen molar-refractivity contribution in [3.05, 3.63) is 0 Å². The molecule has 0 radical (unpaired) electrons. The molecule has 1 saturated heterocycles. The van der Waals surface area contributed by atoms with Gasteiger partial charge in [-0.15, -0.1) is 0 Å². The fourth-order valence-corrected chi connectivity index (χ4v) is 2.30. The molecule has 0 atom stereocenters. The summed E-state index contributed by atoms with van der Waals surface area (Å²) in [5, 5.41) is 0. The molecule has 0 amide bonds. The van der Waals surface area contributed by atoms with Crippen molar-refractivity contribution in [2.45, 2.75) is 27.2 Å². The van der Waals surface area contributed by atoms with E-state index in [1.807, 2.05) is 20.8 Å². The van der Waals surface area contributed by atoms with Crippen LogP contribution in [0.1, 0.15) is 27.2 Å². The quantitative estimate of drug-likeness (QED) is 0.160. The van der Waals surface area contributed by atoms with Gasteiger partial charge in [-0.05, 0) is 20.8 Å². The third-order valence-electron chi connectivity index (χ3n) is 4.18. The number of piperazine rings is 1. The van der Waals surface area contributed by atoms with Crippen LogP contribution in [0.25, 0.3) is 0 Å². The molecule has 6 heteroatoms. The maximum Gasteiger partial charge on any atom is 0.311 e. The Bertz CT molecular complexity index is 318. The summed E-state index contributed by atoms with van der Waals surface area (Å²) >= 11 is 0. The highest BCUT2D eigenvalue weighted by Gasteiger charge is 2.34. The summed E-state index contributed by atoms with van der Waals surface area (Å²) < 4.78 is 7.58. The maximum atomic E-state index is 11.7. The smallest absolute Gasteiger partial charge is 0.311 e. The second-order valence-electron chi connectivity index (χ2n) is 7.91. The van der Waals surface area contributed by atoms with Gasteiger partial charge in [0, 0.05) is 6.42 Å². The molecule has 0 unspecified atom stereocenters. The van der Waals surface area contributed by atoms with Gasteiger partial charge in [0.25, 0.3) is 0 Å². The van der Waals surface area contributed by atoms with Crippen LogP contribution in [-0.2, 0) is 9.53 Å². The van der Waals surface area contributed by atoms with Crippen LogP contribution in [0.15, 0.2) is 0 Å². The Morgan fingerprint density at radius 3 is 1.90 bits per heavy atom. The van der Waals surface area contributed by atoms with Gasteiger partial charge in [-0.2, -0.15) is 0 Å². The summed E-state index contributed by atoms with van der Waals surface area (Å²) in [5.41, 5.74) is -0.384. The Hall–Kier alpha value is 0.850. The minimum Gasteiger partial charge on any atom is -1.00 e. The number of carbonyl (C=O) groups is 1. The Labute approximate surface area is 164 Å². The molecule has 1 rings (SSSR count). The third-order valence-corrected chi connectivity index (χ3v) is 4.18. The van der Waals surface area contributed by atoms with Crippen LogP contribution in [0.4, 0.5) is 0 Å². The molecule has 4 nitrogen and oxygen atoms in total. The SMILES string of the molecule is CC(C)(C)C(=O)OCCC[N+]1(C)CC[N+](C)(C)CC1.[I-].[I-]. The van der Waals surface area contributed by atoms with Crippen molar-refractivity contribution < 1.29 is 66.5 Å². The molecule has 0 aromatic rings. The number of esters is 1. The number of likely N-dealkylation sites (N-methyl/N-ethyl adjacent to an activating group) is 2. The lowest BCUT2D eigenvalue weighted by Crippen LogP contribution is -3.00. The van der Waals surface area contributed by atoms with Crippen LogP contribution in [0.5, 0.6) is 0 Å². The van der Waals surface area contributed by atoms with Gasteiger partial charge in [-0.25, -0.2) is 0 Å². The molecule has 0 bridgehead atoms. The average molecular weight is 526 g/mol. The summed E-state index contributed by atoms with van der Waals surface area (Å²) in [6.07, 6.45) is 0.964. The van der Waals surface area contributed by atoms with E-state index in [-0.39, 0.29) is 59.3 Å². The van der Waals surface area contributed by atoms with Crippen LogP contribution >= 0.6 is 0 Å². The molecular weight excluding hydrogens is 494 g/mol. The van der Waals surface area contributed by atoms with E-state index in [1.54, 1.807) is 0 Å². The van der Waals surface area contributed by atoms with Crippen molar-refractivity contribution >= 4 is 5.97 Å². The fraction of sp³-hybridized carbons (Fsp3) is 0.933. The van der Waals surface area contributed by atoms with Crippen LogP contribution in [0.2, 0.25) is 0 Å². The van der Waals surface area contributed by atoms with Gasteiger partial charge in [0.1, 0.15) is 26.2 Å². The largest absolute Gasteiger partial charge is 1.00 e. The number of halogens is 2. The van der Waals surface area contributed by atoms with Crippen LogP contribution in [0, 0.1) is 5.41 Å². The molecule has 1 aliphatic rings. The first kappa shape index (κ1) is 24.1.